The zero-order chi connectivity index (χ0) is 10.6. The molecule has 0 heterocycles. The van der Waals surface area contributed by atoms with E-state index in [1.54, 1.807) is 11.9 Å². The first kappa shape index (κ1) is 12.3. The molecule has 0 aliphatic rings. The molecule has 0 aromatic rings. The average Bonchev–Trinajstić information content (AvgIpc) is 1.98. The summed E-state index contributed by atoms with van der Waals surface area (Å²) >= 11 is 0. The maximum atomic E-state index is 11.5. The quantitative estimate of drug-likeness (QED) is 0.665. The first-order chi connectivity index (χ1) is 5.78. The fraction of sp³-hybridized carbons (Fsp3) is 0.900. The third kappa shape index (κ3) is 4.76. The normalized spacial score (nSPS) is 13.7. The number of hydrogen-bond donors (Lipinski definition) is 0. The fourth-order valence-electron chi connectivity index (χ4n) is 0.788. The van der Waals surface area contributed by atoms with E-state index in [9.17, 15) is 4.79 Å². The van der Waals surface area contributed by atoms with Gasteiger partial charge in [0.1, 0.15) is 5.60 Å². The summed E-state index contributed by atoms with van der Waals surface area (Å²) in [4.78, 5) is 13.1. The zero-order valence-corrected chi connectivity index (χ0v) is 9.55. The molecular formula is C10H21NO2. The number of carbonyl (C=O) groups excluding carboxylic acids is 1. The topological polar surface area (TPSA) is 29.5 Å². The van der Waals surface area contributed by atoms with Crippen LogP contribution in [0.5, 0.6) is 0 Å². The van der Waals surface area contributed by atoms with Crippen LogP contribution in [0, 0.1) is 0 Å². The summed E-state index contributed by atoms with van der Waals surface area (Å²) in [6.45, 7) is 9.66. The molecular weight excluding hydrogens is 166 g/mol. The third-order valence-electron chi connectivity index (χ3n) is 1.93. The van der Waals surface area contributed by atoms with E-state index in [1.165, 1.54) is 0 Å². The van der Waals surface area contributed by atoms with E-state index in [-0.39, 0.29) is 12.1 Å². The second-order valence-corrected chi connectivity index (χ2v) is 4.35. The molecule has 0 aliphatic carbocycles. The lowest BCUT2D eigenvalue weighted by Gasteiger charge is -2.28. The number of ether oxygens (including phenoxy) is 1. The van der Waals surface area contributed by atoms with Gasteiger partial charge >= 0.3 is 6.09 Å². The van der Waals surface area contributed by atoms with Gasteiger partial charge < -0.3 is 9.64 Å². The molecule has 13 heavy (non-hydrogen) atoms. The van der Waals surface area contributed by atoms with Gasteiger partial charge in [-0.05, 0) is 34.1 Å². The second-order valence-electron chi connectivity index (χ2n) is 4.35. The lowest BCUT2D eigenvalue weighted by molar-refractivity contribution is 0.0233. The fourth-order valence-corrected chi connectivity index (χ4v) is 0.788. The minimum Gasteiger partial charge on any atom is -0.444 e. The Morgan fingerprint density at radius 1 is 1.46 bits per heavy atom. The van der Waals surface area contributed by atoms with Crippen molar-refractivity contribution in [3.8, 4) is 0 Å². The minimum atomic E-state index is -0.404. The van der Waals surface area contributed by atoms with Crippen LogP contribution >= 0.6 is 0 Å². The molecule has 0 spiro atoms. The van der Waals surface area contributed by atoms with E-state index in [2.05, 4.69) is 0 Å². The van der Waals surface area contributed by atoms with Gasteiger partial charge in [0.2, 0.25) is 0 Å². The number of nitrogens with zero attached hydrogens (tertiary/aromatic N) is 1. The molecule has 1 unspecified atom stereocenters. The third-order valence-corrected chi connectivity index (χ3v) is 1.93. The highest BCUT2D eigenvalue weighted by molar-refractivity contribution is 5.68. The van der Waals surface area contributed by atoms with Crippen molar-refractivity contribution in [1.29, 1.82) is 0 Å². The predicted molar refractivity (Wildman–Crippen MR) is 53.8 cm³/mol. The highest BCUT2D eigenvalue weighted by Crippen LogP contribution is 2.11. The van der Waals surface area contributed by atoms with E-state index in [0.29, 0.717) is 0 Å². The Labute approximate surface area is 81.1 Å². The molecule has 0 N–H and O–H groups in total. The van der Waals surface area contributed by atoms with Crippen LogP contribution in [0.25, 0.3) is 0 Å². The van der Waals surface area contributed by atoms with Crippen molar-refractivity contribution in [1.82, 2.24) is 4.90 Å². The van der Waals surface area contributed by atoms with Crippen LogP contribution in [-0.4, -0.2) is 29.7 Å². The van der Waals surface area contributed by atoms with Crippen LogP contribution in [-0.2, 0) is 4.74 Å². The molecule has 0 fully saturated rings. The monoisotopic (exact) mass is 187 g/mol. The number of carbonyl (C=O) groups is 1. The summed E-state index contributed by atoms with van der Waals surface area (Å²) in [5, 5.41) is 0. The highest BCUT2D eigenvalue weighted by Gasteiger charge is 2.21. The Kier molecular flexibility index (Phi) is 4.24. The molecule has 0 radical (unpaired) electrons. The Bertz CT molecular complexity index is 172. The van der Waals surface area contributed by atoms with Crippen LogP contribution in [0.3, 0.4) is 0 Å². The van der Waals surface area contributed by atoms with Gasteiger partial charge in [-0.3, -0.25) is 0 Å². The van der Waals surface area contributed by atoms with Crippen molar-refractivity contribution < 1.29 is 9.53 Å². The maximum absolute atomic E-state index is 11.5. The van der Waals surface area contributed by atoms with E-state index >= 15 is 0 Å². The summed E-state index contributed by atoms with van der Waals surface area (Å²) in [6.07, 6.45) is 0.692. The second kappa shape index (κ2) is 4.49. The lowest BCUT2D eigenvalue weighted by atomic mass is 10.2. The summed E-state index contributed by atoms with van der Waals surface area (Å²) in [6, 6.07) is 0.231. The van der Waals surface area contributed by atoms with Crippen LogP contribution in [0.1, 0.15) is 41.0 Å². The van der Waals surface area contributed by atoms with Gasteiger partial charge in [-0.15, -0.1) is 0 Å². The molecule has 3 heteroatoms. The standard InChI is InChI=1S/C10H21NO2/c1-7-8(2)11(6)9(12)13-10(3,4)5/h8H,7H2,1-6H3. The maximum Gasteiger partial charge on any atom is 0.410 e. The summed E-state index contributed by atoms with van der Waals surface area (Å²) in [5.74, 6) is 0. The van der Waals surface area contributed by atoms with Crippen LogP contribution in [0.4, 0.5) is 4.79 Å². The van der Waals surface area contributed by atoms with Gasteiger partial charge in [0, 0.05) is 13.1 Å². The smallest absolute Gasteiger partial charge is 0.410 e. The van der Waals surface area contributed by atoms with Gasteiger partial charge in [-0.2, -0.15) is 0 Å². The van der Waals surface area contributed by atoms with Gasteiger partial charge in [0.05, 0.1) is 0 Å². The van der Waals surface area contributed by atoms with Gasteiger partial charge in [0.15, 0.2) is 0 Å². The summed E-state index contributed by atoms with van der Waals surface area (Å²) < 4.78 is 5.21. The largest absolute Gasteiger partial charge is 0.444 e. The van der Waals surface area contributed by atoms with Crippen molar-refractivity contribution in [2.24, 2.45) is 0 Å². The predicted octanol–water partition coefficient (Wildman–Crippen LogP) is 2.65. The molecule has 78 valence electrons. The van der Waals surface area contributed by atoms with Gasteiger partial charge in [-0.25, -0.2) is 4.79 Å². The van der Waals surface area contributed by atoms with Crippen molar-refractivity contribution >= 4 is 6.09 Å². The SMILES string of the molecule is CCC(C)N(C)C(=O)OC(C)(C)C. The van der Waals surface area contributed by atoms with Crippen molar-refractivity contribution in [3.63, 3.8) is 0 Å². The molecule has 1 atom stereocenters. The molecule has 1 amide bonds. The molecule has 0 saturated heterocycles. The minimum absolute atomic E-state index is 0.231. The van der Waals surface area contributed by atoms with E-state index < -0.39 is 5.60 Å². The molecule has 0 aromatic heterocycles. The van der Waals surface area contributed by atoms with E-state index in [0.717, 1.165) is 6.42 Å². The zero-order valence-electron chi connectivity index (χ0n) is 9.55. The molecule has 0 aromatic carbocycles. The van der Waals surface area contributed by atoms with Crippen molar-refractivity contribution in [2.75, 3.05) is 7.05 Å². The van der Waals surface area contributed by atoms with Crippen molar-refractivity contribution in [2.45, 2.75) is 52.7 Å². The number of hydrogen-bond acceptors (Lipinski definition) is 2. The van der Waals surface area contributed by atoms with Gasteiger partial charge in [0.25, 0.3) is 0 Å². The Morgan fingerprint density at radius 3 is 2.23 bits per heavy atom. The molecule has 0 saturated carbocycles. The molecule has 0 rings (SSSR count). The van der Waals surface area contributed by atoms with Gasteiger partial charge in [-0.1, -0.05) is 6.92 Å². The van der Waals surface area contributed by atoms with Crippen LogP contribution in [0.15, 0.2) is 0 Å². The average molecular weight is 187 g/mol. The van der Waals surface area contributed by atoms with Crippen LogP contribution < -0.4 is 0 Å². The molecule has 0 aliphatic heterocycles. The first-order valence-electron chi connectivity index (χ1n) is 4.73. The summed E-state index contributed by atoms with van der Waals surface area (Å²) in [5.41, 5.74) is -0.404. The Morgan fingerprint density at radius 2 is 1.92 bits per heavy atom. The number of rotatable bonds is 2. The van der Waals surface area contributed by atoms with Crippen molar-refractivity contribution in [3.05, 3.63) is 0 Å². The van der Waals surface area contributed by atoms with E-state index in [1.807, 2.05) is 34.6 Å². The number of amides is 1. The summed E-state index contributed by atoms with van der Waals surface area (Å²) in [7, 11) is 1.77. The Balaban J connectivity index is 4.12. The Hall–Kier alpha value is -0.730. The lowest BCUT2D eigenvalue weighted by Crippen LogP contribution is -2.39. The molecule has 0 bridgehead atoms. The molecule has 3 nitrogen and oxygen atoms in total. The van der Waals surface area contributed by atoms with Crippen LogP contribution in [0.2, 0.25) is 0 Å². The first-order valence-corrected chi connectivity index (χ1v) is 4.73. The van der Waals surface area contributed by atoms with E-state index in [4.69, 9.17) is 4.74 Å². The highest BCUT2D eigenvalue weighted by atomic mass is 16.6.